The number of nitrogens with one attached hydrogen (secondary N) is 1. The smallest absolute Gasteiger partial charge is 0.387 e. The van der Waals surface area contributed by atoms with Crippen LogP contribution in [0.3, 0.4) is 0 Å². The fraction of sp³-hybridized carbons (Fsp3) is 0.412. The second-order valence-corrected chi connectivity index (χ2v) is 5.18. The number of methoxy groups -OCH3 is 1. The molecule has 132 valence electrons. The van der Waals surface area contributed by atoms with Crippen LogP contribution in [0.5, 0.6) is 5.75 Å². The highest BCUT2D eigenvalue weighted by Gasteiger charge is 2.25. The molecule has 0 aliphatic heterocycles. The molecule has 0 heterocycles. The number of benzene rings is 1. The SMILES string of the molecule is CC[C@@H](C)[C@H](NC(=O)/C=C/c1ccc(OC(F)F)cc1)C(=O)OC. The maximum atomic E-state index is 12.1. The first kappa shape index (κ1) is 19.6. The van der Waals surface area contributed by atoms with Crippen LogP contribution >= 0.6 is 0 Å². The van der Waals surface area contributed by atoms with Crippen LogP contribution in [0.15, 0.2) is 30.3 Å². The standard InChI is InChI=1S/C17H21F2NO4/c1-4-11(2)15(16(22)23-3)20-14(21)10-7-12-5-8-13(9-6-12)24-17(18)19/h5-11,15,17H,4H2,1-3H3,(H,20,21)/b10-7+/t11-,15+/m1/s1. The molecule has 0 saturated heterocycles. The zero-order valence-corrected chi connectivity index (χ0v) is 13.8. The normalized spacial score (nSPS) is 13.6. The molecule has 0 fully saturated rings. The molecule has 1 rings (SSSR count). The lowest BCUT2D eigenvalue weighted by Crippen LogP contribution is -2.45. The van der Waals surface area contributed by atoms with Gasteiger partial charge in [-0.3, -0.25) is 4.79 Å². The molecule has 0 spiro atoms. The number of rotatable bonds is 8. The van der Waals surface area contributed by atoms with E-state index in [1.807, 2.05) is 13.8 Å². The van der Waals surface area contributed by atoms with E-state index >= 15 is 0 Å². The van der Waals surface area contributed by atoms with Crippen molar-refractivity contribution in [1.82, 2.24) is 5.32 Å². The topological polar surface area (TPSA) is 64.6 Å². The number of ether oxygens (including phenoxy) is 2. The van der Waals surface area contributed by atoms with Crippen LogP contribution in [0.4, 0.5) is 8.78 Å². The third-order valence-electron chi connectivity index (χ3n) is 3.50. The van der Waals surface area contributed by atoms with Gasteiger partial charge in [0.25, 0.3) is 0 Å². The molecule has 1 N–H and O–H groups in total. The fourth-order valence-electron chi connectivity index (χ4n) is 1.93. The molecule has 7 heteroatoms. The van der Waals surface area contributed by atoms with Crippen molar-refractivity contribution in [2.24, 2.45) is 5.92 Å². The third kappa shape index (κ3) is 6.36. The third-order valence-corrected chi connectivity index (χ3v) is 3.50. The Morgan fingerprint density at radius 2 is 1.88 bits per heavy atom. The van der Waals surface area contributed by atoms with E-state index in [4.69, 9.17) is 4.74 Å². The Labute approximate surface area is 139 Å². The van der Waals surface area contributed by atoms with Crippen molar-refractivity contribution in [2.45, 2.75) is 32.9 Å². The summed E-state index contributed by atoms with van der Waals surface area (Å²) in [5.74, 6) is -0.979. The summed E-state index contributed by atoms with van der Waals surface area (Å²) in [6.45, 7) is 0.867. The average molecular weight is 341 g/mol. The van der Waals surface area contributed by atoms with Gasteiger partial charge < -0.3 is 14.8 Å². The van der Waals surface area contributed by atoms with Gasteiger partial charge in [0.1, 0.15) is 11.8 Å². The summed E-state index contributed by atoms with van der Waals surface area (Å²) < 4.78 is 33.0. The van der Waals surface area contributed by atoms with Crippen molar-refractivity contribution in [3.05, 3.63) is 35.9 Å². The van der Waals surface area contributed by atoms with E-state index < -0.39 is 24.5 Å². The highest BCUT2D eigenvalue weighted by molar-refractivity contribution is 5.94. The molecule has 0 saturated carbocycles. The van der Waals surface area contributed by atoms with Crippen molar-refractivity contribution < 1.29 is 27.8 Å². The zero-order chi connectivity index (χ0) is 18.1. The van der Waals surface area contributed by atoms with Gasteiger partial charge in [-0.05, 0) is 29.7 Å². The Kier molecular flexibility index (Phi) is 7.88. The van der Waals surface area contributed by atoms with Gasteiger partial charge in [0, 0.05) is 6.08 Å². The van der Waals surface area contributed by atoms with Gasteiger partial charge in [0.05, 0.1) is 7.11 Å². The van der Waals surface area contributed by atoms with Crippen LogP contribution in [-0.2, 0) is 14.3 Å². The molecule has 24 heavy (non-hydrogen) atoms. The second kappa shape index (κ2) is 9.64. The van der Waals surface area contributed by atoms with Crippen LogP contribution < -0.4 is 10.1 Å². The Hall–Kier alpha value is -2.44. The van der Waals surface area contributed by atoms with Gasteiger partial charge >= 0.3 is 12.6 Å². The van der Waals surface area contributed by atoms with E-state index in [2.05, 4.69) is 10.1 Å². The molecule has 0 aliphatic rings. The first-order valence-electron chi connectivity index (χ1n) is 7.48. The van der Waals surface area contributed by atoms with E-state index in [1.54, 1.807) is 0 Å². The van der Waals surface area contributed by atoms with Crippen molar-refractivity contribution in [1.29, 1.82) is 0 Å². The molecule has 5 nitrogen and oxygen atoms in total. The summed E-state index contributed by atoms with van der Waals surface area (Å²) in [6.07, 6.45) is 3.48. The second-order valence-electron chi connectivity index (χ2n) is 5.18. The molecule has 2 atom stereocenters. The number of alkyl halides is 2. The molecule has 1 amide bonds. The van der Waals surface area contributed by atoms with Gasteiger partial charge in [-0.1, -0.05) is 32.4 Å². The monoisotopic (exact) mass is 341 g/mol. The van der Waals surface area contributed by atoms with Crippen LogP contribution in [-0.4, -0.2) is 31.6 Å². The molecule has 1 aromatic rings. The highest BCUT2D eigenvalue weighted by Crippen LogP contribution is 2.15. The maximum Gasteiger partial charge on any atom is 0.387 e. The summed E-state index contributed by atoms with van der Waals surface area (Å²) in [5, 5.41) is 2.60. The summed E-state index contributed by atoms with van der Waals surface area (Å²) >= 11 is 0. The van der Waals surface area contributed by atoms with E-state index in [0.29, 0.717) is 12.0 Å². The van der Waals surface area contributed by atoms with Crippen molar-refractivity contribution in [3.63, 3.8) is 0 Å². The summed E-state index contributed by atoms with van der Waals surface area (Å²) in [5.41, 5.74) is 0.630. The number of halogens is 2. The van der Waals surface area contributed by atoms with Gasteiger partial charge in [-0.15, -0.1) is 0 Å². The number of carbonyl (C=O) groups excluding carboxylic acids is 2. The van der Waals surface area contributed by atoms with Gasteiger partial charge in [0.15, 0.2) is 0 Å². The number of carbonyl (C=O) groups is 2. The lowest BCUT2D eigenvalue weighted by Gasteiger charge is -2.20. The Balaban J connectivity index is 2.68. The number of hydrogen-bond donors (Lipinski definition) is 1. The minimum atomic E-state index is -2.88. The summed E-state index contributed by atoms with van der Waals surface area (Å²) in [4.78, 5) is 23.7. The molecule has 0 radical (unpaired) electrons. The Bertz CT molecular complexity index is 572. The van der Waals surface area contributed by atoms with Crippen LogP contribution in [0.25, 0.3) is 6.08 Å². The quantitative estimate of drug-likeness (QED) is 0.583. The van der Waals surface area contributed by atoms with Gasteiger partial charge in [-0.25, -0.2) is 4.79 Å². The molecule has 0 unspecified atom stereocenters. The number of esters is 1. The molecular formula is C17H21F2NO4. The van der Waals surface area contributed by atoms with Gasteiger partial charge in [-0.2, -0.15) is 8.78 Å². The molecule has 0 bridgehead atoms. The fourth-order valence-corrected chi connectivity index (χ4v) is 1.93. The minimum absolute atomic E-state index is 0.0362. The highest BCUT2D eigenvalue weighted by atomic mass is 19.3. The van der Waals surface area contributed by atoms with Crippen LogP contribution in [0.2, 0.25) is 0 Å². The lowest BCUT2D eigenvalue weighted by molar-refractivity contribution is -0.146. The largest absolute Gasteiger partial charge is 0.467 e. The Morgan fingerprint density at radius 3 is 2.38 bits per heavy atom. The van der Waals surface area contributed by atoms with Gasteiger partial charge in [0.2, 0.25) is 5.91 Å². The average Bonchev–Trinajstić information content (AvgIpc) is 2.57. The van der Waals surface area contributed by atoms with E-state index in [9.17, 15) is 18.4 Å². The first-order chi connectivity index (χ1) is 11.4. The first-order valence-corrected chi connectivity index (χ1v) is 7.48. The molecule has 0 aromatic heterocycles. The van der Waals surface area contributed by atoms with Crippen LogP contribution in [0.1, 0.15) is 25.8 Å². The van der Waals surface area contributed by atoms with E-state index in [-0.39, 0.29) is 11.7 Å². The van der Waals surface area contributed by atoms with Crippen molar-refractivity contribution in [2.75, 3.05) is 7.11 Å². The molecular weight excluding hydrogens is 320 g/mol. The Morgan fingerprint density at radius 1 is 1.25 bits per heavy atom. The summed E-state index contributed by atoms with van der Waals surface area (Å²) in [6, 6.07) is 5.10. The lowest BCUT2D eigenvalue weighted by atomic mass is 9.99. The van der Waals surface area contributed by atoms with Crippen LogP contribution in [0, 0.1) is 5.92 Å². The summed E-state index contributed by atoms with van der Waals surface area (Å²) in [7, 11) is 1.27. The van der Waals surface area contributed by atoms with E-state index in [1.165, 1.54) is 43.5 Å². The zero-order valence-electron chi connectivity index (χ0n) is 13.8. The predicted octanol–water partition coefficient (Wildman–Crippen LogP) is 3.01. The van der Waals surface area contributed by atoms with Crippen molar-refractivity contribution >= 4 is 18.0 Å². The molecule has 0 aliphatic carbocycles. The number of hydrogen-bond acceptors (Lipinski definition) is 4. The minimum Gasteiger partial charge on any atom is -0.467 e. The maximum absolute atomic E-state index is 12.1. The predicted molar refractivity (Wildman–Crippen MR) is 85.5 cm³/mol. The van der Waals surface area contributed by atoms with Crippen molar-refractivity contribution in [3.8, 4) is 5.75 Å². The van der Waals surface area contributed by atoms with E-state index in [0.717, 1.165) is 0 Å². The number of amides is 1. The molecule has 1 aromatic carbocycles.